The second-order valence-electron chi connectivity index (χ2n) is 7.16. The number of rotatable bonds is 4. The zero-order chi connectivity index (χ0) is 18.2. The molecule has 134 valence electrons. The summed E-state index contributed by atoms with van der Waals surface area (Å²) in [6, 6.07) is 9.67. The SMILES string of the molecule is COC(=O)c1ccc(CN2c3c(OC)cccc3[C@@H](C)CC2(C)C)o1. The van der Waals surface area contributed by atoms with Crippen molar-refractivity contribution in [1.29, 1.82) is 0 Å². The zero-order valence-electron chi connectivity index (χ0n) is 15.5. The third kappa shape index (κ3) is 3.11. The normalized spacial score (nSPS) is 18.6. The molecule has 0 radical (unpaired) electrons. The summed E-state index contributed by atoms with van der Waals surface area (Å²) in [4.78, 5) is 13.9. The van der Waals surface area contributed by atoms with Crippen LogP contribution in [0.2, 0.25) is 0 Å². The fourth-order valence-electron chi connectivity index (χ4n) is 3.78. The molecule has 1 aliphatic heterocycles. The van der Waals surface area contributed by atoms with Crippen LogP contribution in [0, 0.1) is 0 Å². The van der Waals surface area contributed by atoms with E-state index in [1.807, 2.05) is 18.2 Å². The Hall–Kier alpha value is -2.43. The van der Waals surface area contributed by atoms with Gasteiger partial charge in [0.1, 0.15) is 11.5 Å². The first-order valence-electron chi connectivity index (χ1n) is 8.49. The Balaban J connectivity index is 2.01. The molecular formula is C20H25NO4. The molecule has 0 N–H and O–H groups in total. The van der Waals surface area contributed by atoms with E-state index in [2.05, 4.69) is 31.7 Å². The summed E-state index contributed by atoms with van der Waals surface area (Å²) in [6.45, 7) is 7.26. The van der Waals surface area contributed by atoms with Crippen LogP contribution in [0.1, 0.15) is 55.0 Å². The minimum atomic E-state index is -0.462. The van der Waals surface area contributed by atoms with E-state index in [4.69, 9.17) is 13.9 Å². The van der Waals surface area contributed by atoms with Crippen LogP contribution >= 0.6 is 0 Å². The van der Waals surface area contributed by atoms with Gasteiger partial charge in [-0.1, -0.05) is 19.1 Å². The van der Waals surface area contributed by atoms with E-state index in [9.17, 15) is 4.79 Å². The fourth-order valence-corrected chi connectivity index (χ4v) is 3.78. The zero-order valence-corrected chi connectivity index (χ0v) is 15.5. The molecule has 25 heavy (non-hydrogen) atoms. The average Bonchev–Trinajstić information content (AvgIpc) is 3.05. The maximum atomic E-state index is 11.6. The Labute approximate surface area is 148 Å². The van der Waals surface area contributed by atoms with Crippen LogP contribution in [0.4, 0.5) is 5.69 Å². The molecule has 0 saturated carbocycles. The predicted octanol–water partition coefficient (Wildman–Crippen LogP) is 4.37. The molecule has 0 bridgehead atoms. The van der Waals surface area contributed by atoms with Crippen LogP contribution in [0.25, 0.3) is 0 Å². The van der Waals surface area contributed by atoms with Crippen molar-refractivity contribution in [1.82, 2.24) is 0 Å². The number of ether oxygens (including phenoxy) is 2. The molecule has 0 aliphatic carbocycles. The van der Waals surface area contributed by atoms with E-state index in [0.717, 1.165) is 23.6 Å². The number of fused-ring (bicyclic) bond motifs is 1. The number of furan rings is 1. The molecule has 0 spiro atoms. The third-order valence-electron chi connectivity index (χ3n) is 4.95. The van der Waals surface area contributed by atoms with E-state index in [1.54, 1.807) is 13.2 Å². The largest absolute Gasteiger partial charge is 0.495 e. The molecule has 1 aromatic carbocycles. The van der Waals surface area contributed by atoms with E-state index in [1.165, 1.54) is 12.7 Å². The molecule has 5 heteroatoms. The maximum Gasteiger partial charge on any atom is 0.373 e. The minimum Gasteiger partial charge on any atom is -0.495 e. The summed E-state index contributed by atoms with van der Waals surface area (Å²) < 4.78 is 16.0. The highest BCUT2D eigenvalue weighted by Crippen LogP contribution is 2.48. The van der Waals surface area contributed by atoms with Gasteiger partial charge >= 0.3 is 5.97 Å². The monoisotopic (exact) mass is 343 g/mol. The third-order valence-corrected chi connectivity index (χ3v) is 4.95. The number of carbonyl (C=O) groups excluding carboxylic acids is 1. The van der Waals surface area contributed by atoms with Gasteiger partial charge in [-0.05, 0) is 49.9 Å². The molecular weight excluding hydrogens is 318 g/mol. The van der Waals surface area contributed by atoms with Crippen LogP contribution in [0.5, 0.6) is 5.75 Å². The maximum absolute atomic E-state index is 11.6. The van der Waals surface area contributed by atoms with Gasteiger partial charge in [-0.3, -0.25) is 0 Å². The Morgan fingerprint density at radius 2 is 2.04 bits per heavy atom. The van der Waals surface area contributed by atoms with Crippen LogP contribution < -0.4 is 9.64 Å². The fraction of sp³-hybridized carbons (Fsp3) is 0.450. The van der Waals surface area contributed by atoms with Crippen LogP contribution in [0.15, 0.2) is 34.7 Å². The summed E-state index contributed by atoms with van der Waals surface area (Å²) in [5, 5.41) is 0. The Bertz CT molecular complexity index is 778. The van der Waals surface area contributed by atoms with Gasteiger partial charge in [0.05, 0.1) is 26.5 Å². The van der Waals surface area contributed by atoms with E-state index in [-0.39, 0.29) is 11.3 Å². The lowest BCUT2D eigenvalue weighted by atomic mass is 9.80. The molecule has 5 nitrogen and oxygen atoms in total. The number of esters is 1. The van der Waals surface area contributed by atoms with Crippen molar-refractivity contribution in [3.63, 3.8) is 0 Å². The number of methoxy groups -OCH3 is 2. The highest BCUT2D eigenvalue weighted by molar-refractivity contribution is 5.86. The highest BCUT2D eigenvalue weighted by Gasteiger charge is 2.38. The van der Waals surface area contributed by atoms with Gasteiger partial charge < -0.3 is 18.8 Å². The molecule has 0 saturated heterocycles. The summed E-state index contributed by atoms with van der Waals surface area (Å²) in [6.07, 6.45) is 1.03. The van der Waals surface area contributed by atoms with Gasteiger partial charge in [-0.25, -0.2) is 4.79 Å². The summed E-state index contributed by atoms with van der Waals surface area (Å²) >= 11 is 0. The number of hydrogen-bond donors (Lipinski definition) is 0. The number of nitrogens with zero attached hydrogens (tertiary/aromatic N) is 1. The number of anilines is 1. The standard InChI is InChI=1S/C20H25NO4/c1-13-11-20(2,3)21(18-15(13)7-6-8-16(18)23-4)12-14-9-10-17(25-14)19(22)24-5/h6-10,13H,11-12H2,1-5H3/t13-/m0/s1. The quantitative estimate of drug-likeness (QED) is 0.772. The van der Waals surface area contributed by atoms with Crippen LogP contribution in [-0.4, -0.2) is 25.7 Å². The second kappa shape index (κ2) is 6.47. The number of para-hydroxylation sites is 1. The smallest absolute Gasteiger partial charge is 0.373 e. The van der Waals surface area contributed by atoms with Gasteiger partial charge in [0, 0.05) is 5.54 Å². The first-order valence-corrected chi connectivity index (χ1v) is 8.49. The van der Waals surface area contributed by atoms with Crippen molar-refractivity contribution >= 4 is 11.7 Å². The van der Waals surface area contributed by atoms with Gasteiger partial charge in [0.25, 0.3) is 0 Å². The second-order valence-corrected chi connectivity index (χ2v) is 7.16. The Kier molecular flexibility index (Phi) is 4.50. The van der Waals surface area contributed by atoms with Crippen molar-refractivity contribution in [2.45, 2.75) is 45.2 Å². The molecule has 2 aromatic rings. The highest BCUT2D eigenvalue weighted by atomic mass is 16.5. The molecule has 3 rings (SSSR count). The molecule has 0 amide bonds. The lowest BCUT2D eigenvalue weighted by Gasteiger charge is -2.47. The summed E-state index contributed by atoms with van der Waals surface area (Å²) in [5.74, 6) is 1.78. The number of carbonyl (C=O) groups is 1. The lowest BCUT2D eigenvalue weighted by molar-refractivity contribution is 0.0563. The Morgan fingerprint density at radius 1 is 1.28 bits per heavy atom. The van der Waals surface area contributed by atoms with Gasteiger partial charge in [0.2, 0.25) is 5.76 Å². The van der Waals surface area contributed by atoms with Gasteiger partial charge in [0.15, 0.2) is 0 Å². The minimum absolute atomic E-state index is 0.0702. The molecule has 1 atom stereocenters. The van der Waals surface area contributed by atoms with E-state index in [0.29, 0.717) is 12.5 Å². The average molecular weight is 343 g/mol. The van der Waals surface area contributed by atoms with Crippen LogP contribution in [-0.2, 0) is 11.3 Å². The molecule has 1 aliphatic rings. The number of benzene rings is 1. The first-order chi connectivity index (χ1) is 11.9. The molecule has 0 unspecified atom stereocenters. The van der Waals surface area contributed by atoms with E-state index < -0.39 is 5.97 Å². The lowest BCUT2D eigenvalue weighted by Crippen LogP contribution is -2.47. The van der Waals surface area contributed by atoms with Crippen LogP contribution in [0.3, 0.4) is 0 Å². The Morgan fingerprint density at radius 3 is 2.72 bits per heavy atom. The van der Waals surface area contributed by atoms with Crippen molar-refractivity contribution in [2.24, 2.45) is 0 Å². The van der Waals surface area contributed by atoms with E-state index >= 15 is 0 Å². The molecule has 0 fully saturated rings. The number of hydrogen-bond acceptors (Lipinski definition) is 5. The van der Waals surface area contributed by atoms with Crippen molar-refractivity contribution in [2.75, 3.05) is 19.1 Å². The van der Waals surface area contributed by atoms with Crippen molar-refractivity contribution < 1.29 is 18.7 Å². The topological polar surface area (TPSA) is 51.9 Å². The van der Waals surface area contributed by atoms with Crippen molar-refractivity contribution in [3.05, 3.63) is 47.4 Å². The summed E-state index contributed by atoms with van der Waals surface area (Å²) in [7, 11) is 3.04. The molecule has 1 aromatic heterocycles. The summed E-state index contributed by atoms with van der Waals surface area (Å²) in [5.41, 5.74) is 2.31. The predicted molar refractivity (Wildman–Crippen MR) is 96.3 cm³/mol. The molecule has 2 heterocycles. The van der Waals surface area contributed by atoms with Crippen molar-refractivity contribution in [3.8, 4) is 5.75 Å². The van der Waals surface area contributed by atoms with Gasteiger partial charge in [-0.2, -0.15) is 0 Å². The first kappa shape index (κ1) is 17.4. The van der Waals surface area contributed by atoms with Gasteiger partial charge in [-0.15, -0.1) is 0 Å².